The molecule has 0 atom stereocenters. The van der Waals surface area contributed by atoms with E-state index in [2.05, 4.69) is 0 Å². The Morgan fingerprint density at radius 1 is 0.933 bits per heavy atom. The van der Waals surface area contributed by atoms with Crippen molar-refractivity contribution in [2.45, 2.75) is 18.4 Å². The van der Waals surface area contributed by atoms with Crippen LogP contribution in [0.1, 0.15) is 12.8 Å². The van der Waals surface area contributed by atoms with E-state index in [1.54, 1.807) is 0 Å². The van der Waals surface area contributed by atoms with Crippen LogP contribution < -0.4 is 0 Å². The molecule has 0 heterocycles. The number of hydrogen-bond donors (Lipinski definition) is 4. The standard InChI is InChI=1S/C6H8O7.Na.Sb.H/c7-3(8)1-6(13,5(11)12)2-4(9)10;;;/h13H,1-2H2,(H,7,8)(H,9,10)(H,11,12);;;. The quantitative estimate of drug-likeness (QED) is 0.415. The fourth-order valence-electron chi connectivity index (χ4n) is 0.714. The van der Waals surface area contributed by atoms with Crippen LogP contribution in [0, 0.1) is 0 Å². The molecule has 0 amide bonds. The molecule has 0 aromatic carbocycles. The van der Waals surface area contributed by atoms with Gasteiger partial charge in [-0.1, -0.05) is 0 Å². The van der Waals surface area contributed by atoms with Crippen molar-refractivity contribution < 1.29 is 34.8 Å². The third kappa shape index (κ3) is 8.04. The second kappa shape index (κ2) is 8.35. The summed E-state index contributed by atoms with van der Waals surface area (Å²) in [6, 6.07) is 0. The SMILES string of the molecule is O=C(O)CC(O)(CC(=O)O)C(=O)O.[NaH].[Sb]. The molecule has 3 radical (unpaired) electrons. The zero-order valence-corrected chi connectivity index (χ0v) is 9.43. The number of carboxylic acids is 3. The van der Waals surface area contributed by atoms with Crippen LogP contribution in [-0.4, -0.2) is 97.9 Å². The van der Waals surface area contributed by atoms with Crippen LogP contribution in [0.4, 0.5) is 0 Å². The minimum Gasteiger partial charge on any atom is 0 e. The maximum absolute atomic E-state index is 10.3. The smallest absolute Gasteiger partial charge is 0 e. The normalized spacial score (nSPS) is 9.40. The van der Waals surface area contributed by atoms with Crippen LogP contribution in [0.15, 0.2) is 0 Å². The topological polar surface area (TPSA) is 132 Å². The number of aliphatic hydroxyl groups is 1. The van der Waals surface area contributed by atoms with Crippen molar-refractivity contribution in [1.82, 2.24) is 0 Å². The summed E-state index contributed by atoms with van der Waals surface area (Å²) >= 11 is 0. The summed E-state index contributed by atoms with van der Waals surface area (Å²) in [5.74, 6) is -5.02. The van der Waals surface area contributed by atoms with Gasteiger partial charge in [0, 0.05) is 24.4 Å². The van der Waals surface area contributed by atoms with Crippen molar-refractivity contribution in [1.29, 1.82) is 0 Å². The van der Waals surface area contributed by atoms with E-state index in [0.717, 1.165) is 0 Å². The van der Waals surface area contributed by atoms with E-state index < -0.39 is 36.4 Å². The molecule has 0 saturated carbocycles. The molecule has 0 aliphatic heterocycles. The molecule has 9 heteroatoms. The van der Waals surface area contributed by atoms with Gasteiger partial charge in [0.25, 0.3) is 0 Å². The van der Waals surface area contributed by atoms with Gasteiger partial charge in [-0.3, -0.25) is 9.59 Å². The van der Waals surface area contributed by atoms with E-state index in [0.29, 0.717) is 0 Å². The van der Waals surface area contributed by atoms with Gasteiger partial charge >= 0.3 is 47.5 Å². The molecule has 0 rings (SSSR count). The van der Waals surface area contributed by atoms with E-state index in [4.69, 9.17) is 20.4 Å². The fourth-order valence-corrected chi connectivity index (χ4v) is 0.714. The van der Waals surface area contributed by atoms with Crippen molar-refractivity contribution in [2.24, 2.45) is 0 Å². The molecule has 0 saturated heterocycles. The summed E-state index contributed by atoms with van der Waals surface area (Å²) in [5.41, 5.74) is -2.74. The largest absolute Gasteiger partial charge is 0 e. The summed E-state index contributed by atoms with van der Waals surface area (Å²) in [4.78, 5) is 30.5. The molecule has 0 aliphatic rings. The van der Waals surface area contributed by atoms with Crippen LogP contribution >= 0.6 is 0 Å². The number of carboxylic acid groups (broad SMARTS) is 3. The molecule has 15 heavy (non-hydrogen) atoms. The van der Waals surface area contributed by atoms with Crippen LogP contribution in [0.3, 0.4) is 0 Å². The summed E-state index contributed by atoms with van der Waals surface area (Å²) in [5, 5.41) is 33.8. The summed E-state index contributed by atoms with van der Waals surface area (Å²) in [6.45, 7) is 0. The average Bonchev–Trinajstić information content (AvgIpc) is 1.82. The van der Waals surface area contributed by atoms with Gasteiger partial charge in [0.15, 0.2) is 5.60 Å². The molecule has 7 nitrogen and oxygen atoms in total. The summed E-state index contributed by atoms with van der Waals surface area (Å²) in [6.07, 6.45) is -2.29. The van der Waals surface area contributed by atoms with Crippen molar-refractivity contribution >= 4 is 71.9 Å². The van der Waals surface area contributed by atoms with Crippen LogP contribution in [0.25, 0.3) is 0 Å². The monoisotopic (exact) mass is 337 g/mol. The Morgan fingerprint density at radius 2 is 1.20 bits per heavy atom. The van der Waals surface area contributed by atoms with Crippen molar-refractivity contribution in [3.63, 3.8) is 0 Å². The molecule has 0 unspecified atom stereocenters. The molecular weight excluding hydrogens is 329 g/mol. The third-order valence-corrected chi connectivity index (χ3v) is 1.29. The Balaban J connectivity index is -0.000000720. The maximum Gasteiger partial charge on any atom is 0 e. The predicted molar refractivity (Wildman–Crippen MR) is 50.0 cm³/mol. The fraction of sp³-hybridized carbons (Fsp3) is 0.500. The first kappa shape index (κ1) is 20.6. The Morgan fingerprint density at radius 3 is 1.33 bits per heavy atom. The second-order valence-corrected chi connectivity index (χ2v) is 2.48. The minimum atomic E-state index is -2.74. The zero-order chi connectivity index (χ0) is 10.6. The predicted octanol–water partition coefficient (Wildman–Crippen LogP) is -2.28. The van der Waals surface area contributed by atoms with Gasteiger partial charge in [-0.05, 0) is 0 Å². The molecule has 0 aromatic heterocycles. The Hall–Kier alpha value is 0.188. The molecular formula is C6H9NaO7Sb. The molecule has 0 spiro atoms. The maximum atomic E-state index is 10.3. The van der Waals surface area contributed by atoms with Crippen molar-refractivity contribution in [2.75, 3.05) is 0 Å². The Bertz CT molecular complexity index is 238. The van der Waals surface area contributed by atoms with Crippen LogP contribution in [-0.2, 0) is 14.4 Å². The molecule has 81 valence electrons. The Kier molecular flexibility index (Phi) is 11.5. The summed E-state index contributed by atoms with van der Waals surface area (Å²) < 4.78 is 0. The average molecular weight is 338 g/mol. The van der Waals surface area contributed by atoms with E-state index >= 15 is 0 Å². The van der Waals surface area contributed by atoms with Crippen LogP contribution in [0.2, 0.25) is 0 Å². The van der Waals surface area contributed by atoms with Crippen LogP contribution in [0.5, 0.6) is 0 Å². The molecule has 0 fully saturated rings. The number of carbonyl (C=O) groups is 3. The number of hydrogen-bond acceptors (Lipinski definition) is 4. The van der Waals surface area contributed by atoms with Crippen molar-refractivity contribution in [3.8, 4) is 0 Å². The van der Waals surface area contributed by atoms with Gasteiger partial charge in [0.1, 0.15) is 0 Å². The van der Waals surface area contributed by atoms with E-state index in [1.807, 2.05) is 0 Å². The van der Waals surface area contributed by atoms with Gasteiger partial charge in [0.05, 0.1) is 12.8 Å². The van der Waals surface area contributed by atoms with Gasteiger partial charge in [-0.2, -0.15) is 0 Å². The van der Waals surface area contributed by atoms with E-state index in [1.165, 1.54) is 0 Å². The summed E-state index contributed by atoms with van der Waals surface area (Å²) in [7, 11) is 0. The second-order valence-electron chi connectivity index (χ2n) is 2.48. The number of aliphatic carboxylic acids is 3. The molecule has 0 bridgehead atoms. The minimum absolute atomic E-state index is 0. The molecule has 0 aromatic rings. The zero-order valence-electron chi connectivity index (χ0n) is 6.88. The van der Waals surface area contributed by atoms with Gasteiger partial charge in [0.2, 0.25) is 0 Å². The molecule has 0 aliphatic carbocycles. The number of rotatable bonds is 5. The van der Waals surface area contributed by atoms with Crippen molar-refractivity contribution in [3.05, 3.63) is 0 Å². The van der Waals surface area contributed by atoms with Gasteiger partial charge in [-0.25, -0.2) is 4.79 Å². The Labute approximate surface area is 124 Å². The first-order valence-electron chi connectivity index (χ1n) is 3.17. The first-order valence-corrected chi connectivity index (χ1v) is 3.17. The molecule has 4 N–H and O–H groups in total. The first-order chi connectivity index (χ1) is 5.78. The van der Waals surface area contributed by atoms with E-state index in [-0.39, 0.29) is 54.0 Å². The van der Waals surface area contributed by atoms with Gasteiger partial charge in [-0.15, -0.1) is 0 Å². The third-order valence-electron chi connectivity index (χ3n) is 1.29. The van der Waals surface area contributed by atoms with Gasteiger partial charge < -0.3 is 20.4 Å². The van der Waals surface area contributed by atoms with E-state index in [9.17, 15) is 14.4 Å².